The van der Waals surface area contributed by atoms with Crippen LogP contribution in [0.2, 0.25) is 0 Å². The third-order valence-corrected chi connectivity index (χ3v) is 3.10. The number of nitrogens with zero attached hydrogens (tertiary/aromatic N) is 1. The van der Waals surface area contributed by atoms with Gasteiger partial charge in [-0.15, -0.1) is 0 Å². The molecule has 1 aromatic rings. The first kappa shape index (κ1) is 15.7. The fourth-order valence-corrected chi connectivity index (χ4v) is 1.93. The lowest BCUT2D eigenvalue weighted by Crippen LogP contribution is -2.42. The quantitative estimate of drug-likeness (QED) is 0.753. The second-order valence-electron chi connectivity index (χ2n) is 4.68. The number of anilines is 1. The molecule has 1 atom stereocenters. The Bertz CT molecular complexity index is 363. The topological polar surface area (TPSA) is 44.4 Å². The van der Waals surface area contributed by atoms with Crippen LogP contribution in [0, 0.1) is 0 Å². The molecule has 0 saturated heterocycles. The SMILES string of the molecule is CCN(CC)CC(C)NCC(=O)Nc1ccccc1. The number of hydrogen-bond donors (Lipinski definition) is 2. The van der Waals surface area contributed by atoms with Crippen molar-refractivity contribution in [3.8, 4) is 0 Å². The lowest BCUT2D eigenvalue weighted by molar-refractivity contribution is -0.115. The molecule has 0 radical (unpaired) electrons. The van der Waals surface area contributed by atoms with Gasteiger partial charge in [0.25, 0.3) is 0 Å². The highest BCUT2D eigenvalue weighted by Gasteiger charge is 2.08. The highest BCUT2D eigenvalue weighted by molar-refractivity contribution is 5.92. The second-order valence-corrected chi connectivity index (χ2v) is 4.68. The van der Waals surface area contributed by atoms with E-state index in [-0.39, 0.29) is 5.91 Å². The molecule has 0 aliphatic rings. The Balaban J connectivity index is 2.26. The zero-order valence-corrected chi connectivity index (χ0v) is 12.1. The van der Waals surface area contributed by atoms with Crippen LogP contribution in [0.25, 0.3) is 0 Å². The molecule has 4 nitrogen and oxygen atoms in total. The van der Waals surface area contributed by atoms with E-state index >= 15 is 0 Å². The first-order chi connectivity index (χ1) is 9.15. The van der Waals surface area contributed by atoms with Crippen molar-refractivity contribution in [2.75, 3.05) is 31.5 Å². The monoisotopic (exact) mass is 263 g/mol. The molecule has 1 amide bonds. The van der Waals surface area contributed by atoms with Crippen LogP contribution >= 0.6 is 0 Å². The molecule has 0 spiro atoms. The van der Waals surface area contributed by atoms with E-state index in [2.05, 4.69) is 36.3 Å². The summed E-state index contributed by atoms with van der Waals surface area (Å²) in [6, 6.07) is 9.83. The van der Waals surface area contributed by atoms with Gasteiger partial charge in [0.2, 0.25) is 5.91 Å². The predicted molar refractivity (Wildman–Crippen MR) is 80.3 cm³/mol. The molecule has 0 aliphatic heterocycles. The average Bonchev–Trinajstić information content (AvgIpc) is 2.43. The normalized spacial score (nSPS) is 12.4. The summed E-state index contributed by atoms with van der Waals surface area (Å²) in [6.07, 6.45) is 0. The Morgan fingerprint density at radius 1 is 1.21 bits per heavy atom. The summed E-state index contributed by atoms with van der Waals surface area (Å²) in [4.78, 5) is 14.1. The zero-order chi connectivity index (χ0) is 14.1. The van der Waals surface area contributed by atoms with Gasteiger partial charge in [0.1, 0.15) is 0 Å². The van der Waals surface area contributed by atoms with E-state index in [9.17, 15) is 4.79 Å². The standard InChI is InChI=1S/C15H25N3O/c1-4-18(5-2)12-13(3)16-11-15(19)17-14-9-7-6-8-10-14/h6-10,13,16H,4-5,11-12H2,1-3H3,(H,17,19). The third-order valence-electron chi connectivity index (χ3n) is 3.10. The predicted octanol–water partition coefficient (Wildman–Crippen LogP) is 1.94. The fourth-order valence-electron chi connectivity index (χ4n) is 1.93. The summed E-state index contributed by atoms with van der Waals surface area (Å²) in [7, 11) is 0. The first-order valence-electron chi connectivity index (χ1n) is 6.96. The maximum absolute atomic E-state index is 11.8. The van der Waals surface area contributed by atoms with E-state index in [0.29, 0.717) is 12.6 Å². The smallest absolute Gasteiger partial charge is 0.238 e. The van der Waals surface area contributed by atoms with Gasteiger partial charge in [-0.3, -0.25) is 4.79 Å². The summed E-state index contributed by atoms with van der Waals surface area (Å²) < 4.78 is 0. The summed E-state index contributed by atoms with van der Waals surface area (Å²) >= 11 is 0. The lowest BCUT2D eigenvalue weighted by Gasteiger charge is -2.23. The Morgan fingerprint density at radius 2 is 1.84 bits per heavy atom. The van der Waals surface area contributed by atoms with Crippen LogP contribution in [0.4, 0.5) is 5.69 Å². The molecule has 0 aromatic heterocycles. The Morgan fingerprint density at radius 3 is 2.42 bits per heavy atom. The molecular weight excluding hydrogens is 238 g/mol. The minimum absolute atomic E-state index is 0.00223. The first-order valence-corrected chi connectivity index (χ1v) is 6.96. The van der Waals surface area contributed by atoms with Crippen molar-refractivity contribution < 1.29 is 4.79 Å². The van der Waals surface area contributed by atoms with E-state index in [1.807, 2.05) is 30.3 Å². The van der Waals surface area contributed by atoms with Crippen LogP contribution in [0.3, 0.4) is 0 Å². The number of nitrogens with one attached hydrogen (secondary N) is 2. The van der Waals surface area contributed by atoms with Gasteiger partial charge in [-0.1, -0.05) is 32.0 Å². The van der Waals surface area contributed by atoms with Crippen molar-refractivity contribution in [1.82, 2.24) is 10.2 Å². The maximum atomic E-state index is 11.8. The minimum atomic E-state index is -0.00223. The Kier molecular flexibility index (Phi) is 7.15. The van der Waals surface area contributed by atoms with E-state index in [0.717, 1.165) is 25.3 Å². The Labute approximate surface area is 116 Å². The minimum Gasteiger partial charge on any atom is -0.325 e. The molecular formula is C15H25N3O. The molecule has 0 heterocycles. The molecule has 2 N–H and O–H groups in total. The van der Waals surface area contributed by atoms with Gasteiger partial charge >= 0.3 is 0 Å². The average molecular weight is 263 g/mol. The van der Waals surface area contributed by atoms with Crippen LogP contribution in [0.15, 0.2) is 30.3 Å². The molecule has 1 rings (SSSR count). The third kappa shape index (κ3) is 6.36. The summed E-state index contributed by atoms with van der Waals surface area (Å²) in [5.74, 6) is -0.00223. The Hall–Kier alpha value is -1.39. The highest BCUT2D eigenvalue weighted by Crippen LogP contribution is 2.04. The van der Waals surface area contributed by atoms with Gasteiger partial charge in [-0.2, -0.15) is 0 Å². The molecule has 0 saturated carbocycles. The number of hydrogen-bond acceptors (Lipinski definition) is 3. The largest absolute Gasteiger partial charge is 0.325 e. The number of carbonyl (C=O) groups is 1. The van der Waals surface area contributed by atoms with Gasteiger partial charge in [0.15, 0.2) is 0 Å². The number of para-hydroxylation sites is 1. The van der Waals surface area contributed by atoms with Gasteiger partial charge in [-0.05, 0) is 32.1 Å². The number of benzene rings is 1. The summed E-state index contributed by atoms with van der Waals surface area (Å²) in [6.45, 7) is 9.80. The number of carbonyl (C=O) groups excluding carboxylic acids is 1. The molecule has 4 heteroatoms. The second kappa shape index (κ2) is 8.67. The van der Waals surface area contributed by atoms with Crippen LogP contribution in [-0.2, 0) is 4.79 Å². The van der Waals surface area contributed by atoms with Crippen molar-refractivity contribution in [2.24, 2.45) is 0 Å². The van der Waals surface area contributed by atoms with Crippen LogP contribution in [0.5, 0.6) is 0 Å². The van der Waals surface area contributed by atoms with Crippen molar-refractivity contribution in [1.29, 1.82) is 0 Å². The maximum Gasteiger partial charge on any atom is 0.238 e. The molecule has 0 fully saturated rings. The van der Waals surface area contributed by atoms with Gasteiger partial charge in [-0.25, -0.2) is 0 Å². The number of amides is 1. The molecule has 106 valence electrons. The van der Waals surface area contributed by atoms with E-state index in [1.165, 1.54) is 0 Å². The van der Waals surface area contributed by atoms with Crippen molar-refractivity contribution in [2.45, 2.75) is 26.8 Å². The summed E-state index contributed by atoms with van der Waals surface area (Å²) in [5, 5.41) is 6.11. The molecule has 1 unspecified atom stereocenters. The number of rotatable bonds is 8. The van der Waals surface area contributed by atoms with Crippen molar-refractivity contribution >= 4 is 11.6 Å². The van der Waals surface area contributed by atoms with E-state index in [4.69, 9.17) is 0 Å². The highest BCUT2D eigenvalue weighted by atomic mass is 16.1. The van der Waals surface area contributed by atoms with Crippen LogP contribution in [-0.4, -0.2) is 43.0 Å². The van der Waals surface area contributed by atoms with Crippen molar-refractivity contribution in [3.05, 3.63) is 30.3 Å². The summed E-state index contributed by atoms with van der Waals surface area (Å²) in [5.41, 5.74) is 0.839. The van der Waals surface area contributed by atoms with Gasteiger partial charge in [0.05, 0.1) is 6.54 Å². The van der Waals surface area contributed by atoms with E-state index < -0.39 is 0 Å². The lowest BCUT2D eigenvalue weighted by atomic mass is 10.3. The zero-order valence-electron chi connectivity index (χ0n) is 12.1. The molecule has 0 aliphatic carbocycles. The van der Waals surface area contributed by atoms with Crippen LogP contribution < -0.4 is 10.6 Å². The van der Waals surface area contributed by atoms with Gasteiger partial charge < -0.3 is 15.5 Å². The van der Waals surface area contributed by atoms with Crippen molar-refractivity contribution in [3.63, 3.8) is 0 Å². The molecule has 1 aromatic carbocycles. The van der Waals surface area contributed by atoms with Gasteiger partial charge in [0, 0.05) is 18.3 Å². The molecule has 19 heavy (non-hydrogen) atoms. The fraction of sp³-hybridized carbons (Fsp3) is 0.533. The molecule has 0 bridgehead atoms. The van der Waals surface area contributed by atoms with Crippen LogP contribution in [0.1, 0.15) is 20.8 Å². The number of likely N-dealkylation sites (N-methyl/N-ethyl adjacent to an activating group) is 1. The van der Waals surface area contributed by atoms with E-state index in [1.54, 1.807) is 0 Å².